The Balaban J connectivity index is 3.84. The Labute approximate surface area is 186 Å². The van der Waals surface area contributed by atoms with Gasteiger partial charge in [-0.15, -0.1) is 5.12 Å². The van der Waals surface area contributed by atoms with E-state index in [1.54, 1.807) is 24.3 Å². The highest BCUT2D eigenvalue weighted by Gasteiger charge is 2.39. The lowest BCUT2D eigenvalue weighted by atomic mass is 9.97. The minimum Gasteiger partial charge on any atom is -0.305 e. The second-order valence-corrected chi connectivity index (χ2v) is 8.32. The number of Topliss-reactive ketones (excluding diaryl/α,β-unsaturated/α-hetero) is 1. The quantitative estimate of drug-likeness (QED) is 0.103. The molecule has 0 aromatic heterocycles. The van der Waals surface area contributed by atoms with E-state index in [4.69, 9.17) is 5.73 Å². The van der Waals surface area contributed by atoms with Crippen molar-refractivity contribution in [1.82, 2.24) is 21.1 Å². The SMILES string of the molecule is CCCCCCCC/C=C\CCCCCCCC(=O)C(N)(CC)N(NC)N(C)NC. The van der Waals surface area contributed by atoms with Gasteiger partial charge < -0.3 is 5.73 Å². The van der Waals surface area contributed by atoms with Crippen LogP contribution in [0.1, 0.15) is 110 Å². The fourth-order valence-electron chi connectivity index (χ4n) is 3.75. The number of hydrazine groups is 3. The summed E-state index contributed by atoms with van der Waals surface area (Å²) in [6.07, 6.45) is 22.1. The lowest BCUT2D eigenvalue weighted by Crippen LogP contribution is -2.71. The first-order valence-electron chi connectivity index (χ1n) is 12.3. The number of carbonyl (C=O) groups is 1. The minimum atomic E-state index is -1.03. The molecule has 0 bridgehead atoms. The minimum absolute atomic E-state index is 0.0825. The van der Waals surface area contributed by atoms with Gasteiger partial charge in [-0.05, 0) is 38.5 Å². The molecule has 30 heavy (non-hydrogen) atoms. The Morgan fingerprint density at radius 3 is 1.80 bits per heavy atom. The maximum absolute atomic E-state index is 12.8. The third kappa shape index (κ3) is 12.2. The van der Waals surface area contributed by atoms with Crippen molar-refractivity contribution in [3.05, 3.63) is 12.2 Å². The number of ketones is 1. The Kier molecular flexibility index (Phi) is 18.4. The van der Waals surface area contributed by atoms with Gasteiger partial charge in [-0.1, -0.05) is 77.4 Å². The third-order valence-electron chi connectivity index (χ3n) is 5.90. The molecule has 0 saturated carbocycles. The maximum atomic E-state index is 12.8. The molecule has 0 fully saturated rings. The predicted molar refractivity (Wildman–Crippen MR) is 129 cm³/mol. The summed E-state index contributed by atoms with van der Waals surface area (Å²) in [6.45, 7) is 4.22. The van der Waals surface area contributed by atoms with E-state index in [2.05, 4.69) is 29.9 Å². The van der Waals surface area contributed by atoms with Crippen LogP contribution in [0.4, 0.5) is 0 Å². The van der Waals surface area contributed by atoms with E-state index >= 15 is 0 Å². The molecule has 0 aromatic carbocycles. The summed E-state index contributed by atoms with van der Waals surface area (Å²) in [5.41, 5.74) is 11.4. The molecule has 0 aromatic rings. The van der Waals surface area contributed by atoms with Crippen molar-refractivity contribution < 1.29 is 4.79 Å². The van der Waals surface area contributed by atoms with Crippen LogP contribution in [0.15, 0.2) is 12.2 Å². The maximum Gasteiger partial charge on any atom is 0.170 e. The molecule has 6 heteroatoms. The monoisotopic (exact) mass is 425 g/mol. The highest BCUT2D eigenvalue weighted by Crippen LogP contribution is 2.18. The topological polar surface area (TPSA) is 73.6 Å². The zero-order valence-electron chi connectivity index (χ0n) is 20.6. The molecule has 0 radical (unpaired) electrons. The zero-order chi connectivity index (χ0) is 22.7. The number of rotatable bonds is 21. The van der Waals surface area contributed by atoms with Gasteiger partial charge in [0.15, 0.2) is 11.4 Å². The second kappa shape index (κ2) is 18.9. The van der Waals surface area contributed by atoms with E-state index in [0.717, 1.165) is 12.8 Å². The van der Waals surface area contributed by atoms with Crippen LogP contribution in [0.5, 0.6) is 0 Å². The summed E-state index contributed by atoms with van der Waals surface area (Å²) >= 11 is 0. The Bertz CT molecular complexity index is 443. The molecule has 0 aliphatic carbocycles. The van der Waals surface area contributed by atoms with Gasteiger partial charge in [-0.25, -0.2) is 10.9 Å². The molecule has 6 nitrogen and oxygen atoms in total. The van der Waals surface area contributed by atoms with Crippen LogP contribution in [-0.2, 0) is 4.79 Å². The lowest BCUT2D eigenvalue weighted by Gasteiger charge is -2.42. The fourth-order valence-corrected chi connectivity index (χ4v) is 3.75. The van der Waals surface area contributed by atoms with Gasteiger partial charge in [-0.3, -0.25) is 4.79 Å². The third-order valence-corrected chi connectivity index (χ3v) is 5.90. The molecule has 0 amide bonds. The first-order valence-corrected chi connectivity index (χ1v) is 12.3. The molecular weight excluding hydrogens is 374 g/mol. The van der Waals surface area contributed by atoms with Crippen molar-refractivity contribution in [2.45, 2.75) is 116 Å². The average molecular weight is 426 g/mol. The van der Waals surface area contributed by atoms with Gasteiger partial charge in [0, 0.05) is 27.6 Å². The van der Waals surface area contributed by atoms with Gasteiger partial charge in [-0.2, -0.15) is 5.12 Å². The van der Waals surface area contributed by atoms with E-state index < -0.39 is 5.66 Å². The van der Waals surface area contributed by atoms with E-state index in [1.165, 1.54) is 70.6 Å². The van der Waals surface area contributed by atoms with E-state index in [0.29, 0.717) is 12.8 Å². The molecular formula is C24H51N5O. The van der Waals surface area contributed by atoms with Crippen LogP contribution in [0.25, 0.3) is 0 Å². The lowest BCUT2D eigenvalue weighted by molar-refractivity contribution is -0.172. The van der Waals surface area contributed by atoms with E-state index in [1.807, 2.05) is 14.0 Å². The highest BCUT2D eigenvalue weighted by atomic mass is 16.1. The van der Waals surface area contributed by atoms with Crippen LogP contribution in [-0.4, -0.2) is 42.8 Å². The Morgan fingerprint density at radius 2 is 1.33 bits per heavy atom. The summed E-state index contributed by atoms with van der Waals surface area (Å²) in [5.74, 6) is 0.0825. The second-order valence-electron chi connectivity index (χ2n) is 8.32. The first kappa shape index (κ1) is 29.2. The molecule has 0 spiro atoms. The smallest absolute Gasteiger partial charge is 0.170 e. The number of nitrogens with zero attached hydrogens (tertiary/aromatic N) is 2. The zero-order valence-corrected chi connectivity index (χ0v) is 20.6. The number of hydrogen-bond donors (Lipinski definition) is 3. The first-order chi connectivity index (χ1) is 14.5. The molecule has 0 aliphatic heterocycles. The molecule has 1 unspecified atom stereocenters. The summed E-state index contributed by atoms with van der Waals surface area (Å²) in [6, 6.07) is 0. The Hall–Kier alpha value is -0.790. The molecule has 1 atom stereocenters. The Morgan fingerprint density at radius 1 is 0.833 bits per heavy atom. The molecule has 4 N–H and O–H groups in total. The van der Waals surface area contributed by atoms with Crippen LogP contribution in [0.3, 0.4) is 0 Å². The van der Waals surface area contributed by atoms with E-state index in [9.17, 15) is 4.79 Å². The van der Waals surface area contributed by atoms with Crippen molar-refractivity contribution in [3.63, 3.8) is 0 Å². The normalized spacial score (nSPS) is 14.1. The molecule has 178 valence electrons. The fraction of sp³-hybridized carbons (Fsp3) is 0.875. The number of carbonyl (C=O) groups excluding carboxylic acids is 1. The van der Waals surface area contributed by atoms with Crippen LogP contribution in [0.2, 0.25) is 0 Å². The van der Waals surface area contributed by atoms with Crippen molar-refractivity contribution >= 4 is 5.78 Å². The van der Waals surface area contributed by atoms with Gasteiger partial charge in [0.25, 0.3) is 0 Å². The van der Waals surface area contributed by atoms with Crippen LogP contribution < -0.4 is 16.6 Å². The number of allylic oxidation sites excluding steroid dienone is 2. The van der Waals surface area contributed by atoms with Gasteiger partial charge in [0.1, 0.15) is 0 Å². The van der Waals surface area contributed by atoms with Gasteiger partial charge in [0.2, 0.25) is 0 Å². The molecule has 0 aliphatic rings. The summed E-state index contributed by atoms with van der Waals surface area (Å²) < 4.78 is 0. The van der Waals surface area contributed by atoms with Crippen molar-refractivity contribution in [2.75, 3.05) is 21.1 Å². The van der Waals surface area contributed by atoms with Crippen LogP contribution >= 0.6 is 0 Å². The van der Waals surface area contributed by atoms with Crippen molar-refractivity contribution in [1.29, 1.82) is 0 Å². The highest BCUT2D eigenvalue weighted by molar-refractivity contribution is 5.87. The average Bonchev–Trinajstić information content (AvgIpc) is 2.76. The summed E-state index contributed by atoms with van der Waals surface area (Å²) in [5, 5.41) is 3.38. The van der Waals surface area contributed by atoms with Crippen LogP contribution in [0, 0.1) is 0 Å². The number of hydrogen-bond acceptors (Lipinski definition) is 6. The molecule has 0 rings (SSSR count). The molecule has 0 heterocycles. The van der Waals surface area contributed by atoms with Crippen molar-refractivity contribution in [3.8, 4) is 0 Å². The standard InChI is InChI=1S/C24H51N5O/c1-6-8-9-10-11-12-13-14-15-16-17-18-19-20-21-22-23(30)24(25,7-2)29(27-4)28(5)26-3/h14-15,26-27H,6-13,16-22,25H2,1-5H3/b15-14-. The van der Waals surface area contributed by atoms with E-state index in [-0.39, 0.29) is 5.78 Å². The number of unbranched alkanes of at least 4 members (excludes halogenated alkanes) is 11. The van der Waals surface area contributed by atoms with Crippen molar-refractivity contribution in [2.24, 2.45) is 5.73 Å². The largest absolute Gasteiger partial charge is 0.305 e. The summed E-state index contributed by atoms with van der Waals surface area (Å²) in [7, 11) is 5.41. The molecule has 0 saturated heterocycles. The number of nitrogens with one attached hydrogen (secondary N) is 2. The summed E-state index contributed by atoms with van der Waals surface area (Å²) in [4.78, 5) is 12.8. The predicted octanol–water partition coefficient (Wildman–Crippen LogP) is 5.08. The van der Waals surface area contributed by atoms with Gasteiger partial charge in [0.05, 0.1) is 0 Å². The number of nitrogens with two attached hydrogens (primary N) is 1. The van der Waals surface area contributed by atoms with Gasteiger partial charge >= 0.3 is 0 Å².